The number of hydrogen-bond donors (Lipinski definition) is 2. The molecule has 5 nitrogen and oxygen atoms in total. The monoisotopic (exact) mass is 423 g/mol. The minimum atomic E-state index is -0.666. The molecule has 0 aliphatic rings. The van der Waals surface area contributed by atoms with Gasteiger partial charge in [0.2, 0.25) is 0 Å². The molecule has 0 saturated carbocycles. The Balaban J connectivity index is 1.66. The topological polar surface area (TPSA) is 71.1 Å². The van der Waals surface area contributed by atoms with Crippen LogP contribution in [-0.4, -0.2) is 22.3 Å². The van der Waals surface area contributed by atoms with Crippen molar-refractivity contribution in [2.45, 2.75) is 53.5 Å². The van der Waals surface area contributed by atoms with Crippen LogP contribution in [0.2, 0.25) is 0 Å². The Bertz CT molecular complexity index is 1080. The molecule has 2 amide bonds. The molecule has 0 saturated heterocycles. The van der Waals surface area contributed by atoms with Crippen LogP contribution in [0.15, 0.2) is 42.5 Å². The molecule has 0 spiro atoms. The van der Waals surface area contributed by atoms with Crippen molar-refractivity contribution in [1.29, 1.82) is 0 Å². The minimum absolute atomic E-state index is 0.0441. The molecule has 3 rings (SSSR count). The van der Waals surface area contributed by atoms with Gasteiger partial charge in [-0.05, 0) is 74.6 Å². The van der Waals surface area contributed by atoms with E-state index in [1.165, 1.54) is 5.56 Å². The zero-order chi connectivity index (χ0) is 22.1. The molecular weight excluding hydrogens is 394 g/mol. The fourth-order valence-electron chi connectivity index (χ4n) is 3.77. The van der Waals surface area contributed by atoms with Gasteiger partial charge in [-0.25, -0.2) is 4.98 Å². The number of rotatable bonds is 4. The molecule has 158 valence electrons. The number of nitrogens with zero attached hydrogens (tertiary/aromatic N) is 1. The number of anilines is 1. The predicted molar refractivity (Wildman–Crippen MR) is 125 cm³/mol. The molecule has 1 aromatic heterocycles. The summed E-state index contributed by atoms with van der Waals surface area (Å²) in [5.74, 6) is -1.30. The Morgan fingerprint density at radius 2 is 1.63 bits per heavy atom. The van der Waals surface area contributed by atoms with E-state index in [0.717, 1.165) is 27.2 Å². The van der Waals surface area contributed by atoms with E-state index in [4.69, 9.17) is 0 Å². The summed E-state index contributed by atoms with van der Waals surface area (Å²) in [7, 11) is 0. The molecule has 6 heteroatoms. The smallest absolute Gasteiger partial charge is 0.313 e. The van der Waals surface area contributed by atoms with Gasteiger partial charge < -0.3 is 10.6 Å². The van der Waals surface area contributed by atoms with Crippen LogP contribution in [0.25, 0.3) is 20.8 Å². The maximum absolute atomic E-state index is 12.3. The van der Waals surface area contributed by atoms with E-state index in [1.807, 2.05) is 32.0 Å². The summed E-state index contributed by atoms with van der Waals surface area (Å²) in [6.07, 6.45) is 0.759. The van der Waals surface area contributed by atoms with E-state index in [0.29, 0.717) is 5.69 Å². The van der Waals surface area contributed by atoms with E-state index in [9.17, 15) is 9.59 Å². The number of hydrogen-bond acceptors (Lipinski definition) is 4. The van der Waals surface area contributed by atoms with Crippen molar-refractivity contribution in [3.63, 3.8) is 0 Å². The lowest BCUT2D eigenvalue weighted by molar-refractivity contribution is -0.137. The van der Waals surface area contributed by atoms with Gasteiger partial charge >= 0.3 is 11.8 Å². The first-order chi connectivity index (χ1) is 13.9. The van der Waals surface area contributed by atoms with Crippen LogP contribution in [0.3, 0.4) is 0 Å². The molecule has 0 aliphatic heterocycles. The van der Waals surface area contributed by atoms with Gasteiger partial charge in [0.1, 0.15) is 5.01 Å². The Morgan fingerprint density at radius 1 is 0.967 bits per heavy atom. The Morgan fingerprint density at radius 3 is 2.27 bits per heavy atom. The number of aryl methyl sites for hydroxylation is 1. The predicted octanol–water partition coefficient (Wildman–Crippen LogP) is 5.54. The standard InChI is InChI=1S/C24H29N3O2S/c1-15-7-12-18-19(13-15)30-22(26-18)16-8-10-17(11-9-16)25-20(28)21(29)27-24(5,6)14-23(2,3)4/h7-13H,14H2,1-6H3,(H,25,28)(H,27,29). The summed E-state index contributed by atoms with van der Waals surface area (Å²) >= 11 is 1.64. The van der Waals surface area contributed by atoms with Crippen LogP contribution in [-0.2, 0) is 9.59 Å². The minimum Gasteiger partial charge on any atom is -0.343 e. The largest absolute Gasteiger partial charge is 0.343 e. The molecule has 30 heavy (non-hydrogen) atoms. The molecule has 0 aliphatic carbocycles. The van der Waals surface area contributed by atoms with Crippen molar-refractivity contribution >= 4 is 39.1 Å². The molecule has 0 bridgehead atoms. The highest BCUT2D eigenvalue weighted by atomic mass is 32.1. The van der Waals surface area contributed by atoms with Crippen molar-refractivity contribution in [2.75, 3.05) is 5.32 Å². The average molecular weight is 424 g/mol. The summed E-state index contributed by atoms with van der Waals surface area (Å²) in [4.78, 5) is 29.3. The Hall–Kier alpha value is -2.73. The Labute approximate surface area is 181 Å². The molecule has 0 radical (unpaired) electrons. The van der Waals surface area contributed by atoms with Crippen molar-refractivity contribution in [2.24, 2.45) is 5.41 Å². The first kappa shape index (κ1) is 22.0. The highest BCUT2D eigenvalue weighted by molar-refractivity contribution is 7.21. The van der Waals surface area contributed by atoms with Crippen molar-refractivity contribution < 1.29 is 9.59 Å². The second-order valence-electron chi connectivity index (χ2n) is 9.60. The number of nitrogens with one attached hydrogen (secondary N) is 2. The third-order valence-corrected chi connectivity index (χ3v) is 5.63. The summed E-state index contributed by atoms with van der Waals surface area (Å²) < 4.78 is 1.15. The molecule has 3 aromatic rings. The molecule has 2 aromatic carbocycles. The third-order valence-electron chi connectivity index (χ3n) is 4.56. The SMILES string of the molecule is Cc1ccc2nc(-c3ccc(NC(=O)C(=O)NC(C)(C)CC(C)(C)C)cc3)sc2c1. The number of carbonyl (C=O) groups is 2. The normalized spacial score (nSPS) is 12.1. The van der Waals surface area contributed by atoms with E-state index in [1.54, 1.807) is 23.5 Å². The van der Waals surface area contributed by atoms with Crippen LogP contribution in [0.1, 0.15) is 46.6 Å². The van der Waals surface area contributed by atoms with Crippen molar-refractivity contribution in [3.05, 3.63) is 48.0 Å². The number of benzene rings is 2. The quantitative estimate of drug-likeness (QED) is 0.541. The molecule has 1 heterocycles. The fraction of sp³-hybridized carbons (Fsp3) is 0.375. The first-order valence-electron chi connectivity index (χ1n) is 10.0. The second-order valence-corrected chi connectivity index (χ2v) is 10.6. The van der Waals surface area contributed by atoms with Gasteiger partial charge in [-0.15, -0.1) is 11.3 Å². The zero-order valence-corrected chi connectivity index (χ0v) is 19.2. The number of fused-ring (bicyclic) bond motifs is 1. The van der Waals surface area contributed by atoms with E-state index >= 15 is 0 Å². The van der Waals surface area contributed by atoms with Crippen molar-refractivity contribution in [1.82, 2.24) is 10.3 Å². The highest BCUT2D eigenvalue weighted by Crippen LogP contribution is 2.31. The number of aromatic nitrogens is 1. The molecule has 0 atom stereocenters. The van der Waals surface area contributed by atoms with Gasteiger partial charge in [0.25, 0.3) is 0 Å². The van der Waals surface area contributed by atoms with E-state index in [-0.39, 0.29) is 5.41 Å². The van der Waals surface area contributed by atoms with Gasteiger partial charge in [-0.1, -0.05) is 26.8 Å². The molecule has 0 unspecified atom stereocenters. The Kier molecular flexibility index (Phi) is 5.99. The van der Waals surface area contributed by atoms with Crippen LogP contribution >= 0.6 is 11.3 Å². The molecule has 0 fully saturated rings. The summed E-state index contributed by atoms with van der Waals surface area (Å²) in [6, 6.07) is 13.6. The van der Waals surface area contributed by atoms with Crippen LogP contribution in [0.5, 0.6) is 0 Å². The lowest BCUT2D eigenvalue weighted by Crippen LogP contribution is -2.49. The lowest BCUT2D eigenvalue weighted by Gasteiger charge is -2.33. The van der Waals surface area contributed by atoms with Crippen molar-refractivity contribution in [3.8, 4) is 10.6 Å². The van der Waals surface area contributed by atoms with Crippen LogP contribution in [0, 0.1) is 12.3 Å². The number of amides is 2. The van der Waals surface area contributed by atoms with Gasteiger partial charge in [-0.3, -0.25) is 9.59 Å². The lowest BCUT2D eigenvalue weighted by atomic mass is 9.82. The average Bonchev–Trinajstić information content (AvgIpc) is 3.02. The first-order valence-corrected chi connectivity index (χ1v) is 10.8. The number of carbonyl (C=O) groups excluding carboxylic acids is 2. The van der Waals surface area contributed by atoms with E-state index in [2.05, 4.69) is 55.4 Å². The van der Waals surface area contributed by atoms with E-state index < -0.39 is 17.4 Å². The third kappa shape index (κ3) is 5.66. The maximum atomic E-state index is 12.3. The summed E-state index contributed by atoms with van der Waals surface area (Å²) in [5, 5.41) is 6.43. The summed E-state index contributed by atoms with van der Waals surface area (Å²) in [6.45, 7) is 12.2. The number of thiazole rings is 1. The molecular formula is C24H29N3O2S. The summed E-state index contributed by atoms with van der Waals surface area (Å²) in [5.41, 5.74) is 3.31. The highest BCUT2D eigenvalue weighted by Gasteiger charge is 2.29. The van der Waals surface area contributed by atoms with Gasteiger partial charge in [-0.2, -0.15) is 0 Å². The van der Waals surface area contributed by atoms with Gasteiger partial charge in [0.05, 0.1) is 10.2 Å². The van der Waals surface area contributed by atoms with Crippen LogP contribution < -0.4 is 10.6 Å². The van der Waals surface area contributed by atoms with Gasteiger partial charge in [0.15, 0.2) is 0 Å². The maximum Gasteiger partial charge on any atom is 0.313 e. The van der Waals surface area contributed by atoms with Gasteiger partial charge in [0, 0.05) is 16.8 Å². The second kappa shape index (κ2) is 8.19. The van der Waals surface area contributed by atoms with Crippen LogP contribution in [0.4, 0.5) is 5.69 Å². The molecule has 2 N–H and O–H groups in total. The zero-order valence-electron chi connectivity index (χ0n) is 18.4. The fourth-order valence-corrected chi connectivity index (χ4v) is 4.84.